The van der Waals surface area contributed by atoms with Crippen molar-refractivity contribution >= 4 is 16.0 Å². The molecule has 18 heavy (non-hydrogen) atoms. The third-order valence-electron chi connectivity index (χ3n) is 2.66. The first-order valence-corrected chi connectivity index (χ1v) is 6.91. The van der Waals surface area contributed by atoms with Crippen LogP contribution in [0.3, 0.4) is 0 Å². The Morgan fingerprint density at radius 2 is 2.06 bits per heavy atom. The molecule has 0 spiro atoms. The van der Waals surface area contributed by atoms with Crippen LogP contribution < -0.4 is 4.72 Å². The van der Waals surface area contributed by atoms with Crippen molar-refractivity contribution in [2.75, 3.05) is 0 Å². The average molecular weight is 275 g/mol. The van der Waals surface area contributed by atoms with E-state index in [2.05, 4.69) is 14.9 Å². The largest absolute Gasteiger partial charge is 0.476 e. The highest BCUT2D eigenvalue weighted by Crippen LogP contribution is 2.20. The molecule has 1 aromatic heterocycles. The number of carbonyl (C=O) groups is 1. The first-order chi connectivity index (χ1) is 8.10. The molecule has 0 atom stereocenters. The van der Waals surface area contributed by atoms with E-state index in [0.717, 1.165) is 0 Å². The number of carboxylic acids is 1. The van der Waals surface area contributed by atoms with Gasteiger partial charge < -0.3 is 5.11 Å². The summed E-state index contributed by atoms with van der Waals surface area (Å²) in [6, 6.07) is 0. The van der Waals surface area contributed by atoms with Gasteiger partial charge in [0.05, 0.1) is 5.69 Å². The molecule has 0 fully saturated rings. The fourth-order valence-electron chi connectivity index (χ4n) is 1.38. The van der Waals surface area contributed by atoms with Crippen LogP contribution in [-0.4, -0.2) is 35.2 Å². The second-order valence-corrected chi connectivity index (χ2v) is 6.29. The van der Waals surface area contributed by atoms with Crippen LogP contribution >= 0.6 is 0 Å². The molecule has 102 valence electrons. The number of sulfonamides is 1. The number of hydrogen-bond acceptors (Lipinski definition) is 4. The van der Waals surface area contributed by atoms with Crippen molar-refractivity contribution in [3.63, 3.8) is 0 Å². The number of nitrogens with one attached hydrogen (secondary N) is 2. The minimum Gasteiger partial charge on any atom is -0.476 e. The fourth-order valence-corrected chi connectivity index (χ4v) is 3.19. The molecule has 0 aromatic carbocycles. The lowest BCUT2D eigenvalue weighted by Crippen LogP contribution is -2.43. The number of aromatic carboxylic acids is 1. The lowest BCUT2D eigenvalue weighted by atomic mass is 10.0. The molecule has 0 aliphatic heterocycles. The van der Waals surface area contributed by atoms with Gasteiger partial charge >= 0.3 is 5.97 Å². The zero-order valence-electron chi connectivity index (χ0n) is 10.7. The molecule has 0 amide bonds. The molecule has 0 radical (unpaired) electrons. The molecule has 1 aromatic rings. The third-order valence-corrected chi connectivity index (χ3v) is 4.52. The molecule has 0 unspecified atom stereocenters. The van der Waals surface area contributed by atoms with Gasteiger partial charge in [0, 0.05) is 5.54 Å². The van der Waals surface area contributed by atoms with E-state index < -0.39 is 27.2 Å². The van der Waals surface area contributed by atoms with Crippen molar-refractivity contribution in [3.05, 3.63) is 11.4 Å². The summed E-state index contributed by atoms with van der Waals surface area (Å²) in [6.07, 6.45) is 0.575. The lowest BCUT2D eigenvalue weighted by Gasteiger charge is -2.24. The predicted molar refractivity (Wildman–Crippen MR) is 65.0 cm³/mol. The maximum absolute atomic E-state index is 12.2. The summed E-state index contributed by atoms with van der Waals surface area (Å²) < 4.78 is 26.8. The van der Waals surface area contributed by atoms with Crippen LogP contribution in [0, 0.1) is 6.92 Å². The van der Waals surface area contributed by atoms with E-state index in [1.807, 2.05) is 6.92 Å². The van der Waals surface area contributed by atoms with E-state index in [-0.39, 0.29) is 10.6 Å². The smallest absolute Gasteiger partial charge is 0.357 e. The maximum atomic E-state index is 12.2. The summed E-state index contributed by atoms with van der Waals surface area (Å²) >= 11 is 0. The Hall–Kier alpha value is -1.41. The Kier molecular flexibility index (Phi) is 3.82. The van der Waals surface area contributed by atoms with Gasteiger partial charge in [-0.25, -0.2) is 17.9 Å². The van der Waals surface area contributed by atoms with Gasteiger partial charge in [0.15, 0.2) is 5.69 Å². The van der Waals surface area contributed by atoms with E-state index in [9.17, 15) is 13.2 Å². The number of carboxylic acid groups (broad SMARTS) is 1. The average Bonchev–Trinajstić information content (AvgIpc) is 2.59. The minimum absolute atomic E-state index is 0.201. The van der Waals surface area contributed by atoms with Crippen molar-refractivity contribution < 1.29 is 18.3 Å². The number of aromatic amines is 1. The Bertz CT molecular complexity index is 560. The molecule has 0 saturated carbocycles. The normalized spacial score (nSPS) is 12.7. The lowest BCUT2D eigenvalue weighted by molar-refractivity contribution is 0.0686. The van der Waals surface area contributed by atoms with Crippen molar-refractivity contribution in [2.45, 2.75) is 44.6 Å². The molecule has 7 nitrogen and oxygen atoms in total. The van der Waals surface area contributed by atoms with Crippen molar-refractivity contribution in [1.29, 1.82) is 0 Å². The molecule has 0 aliphatic carbocycles. The van der Waals surface area contributed by atoms with Crippen LogP contribution in [0.5, 0.6) is 0 Å². The van der Waals surface area contributed by atoms with Crippen LogP contribution in [0.4, 0.5) is 0 Å². The maximum Gasteiger partial charge on any atom is 0.357 e. The van der Waals surface area contributed by atoms with E-state index in [0.29, 0.717) is 6.42 Å². The standard InChI is InChI=1S/C10H17N3O4S/c1-5-10(3,4)13-18(16,17)8-6(2)11-12-7(8)9(14)15/h13H,5H2,1-4H3,(H,11,12)(H,14,15). The van der Waals surface area contributed by atoms with E-state index in [1.54, 1.807) is 13.8 Å². The van der Waals surface area contributed by atoms with E-state index >= 15 is 0 Å². The molecule has 3 N–H and O–H groups in total. The van der Waals surface area contributed by atoms with E-state index in [4.69, 9.17) is 5.11 Å². The first-order valence-electron chi connectivity index (χ1n) is 5.43. The summed E-state index contributed by atoms with van der Waals surface area (Å²) in [5, 5.41) is 14.8. The summed E-state index contributed by atoms with van der Waals surface area (Å²) in [5.74, 6) is -1.38. The third kappa shape index (κ3) is 2.88. The highest BCUT2D eigenvalue weighted by molar-refractivity contribution is 7.89. The molecule has 0 aliphatic rings. The molecular weight excluding hydrogens is 258 g/mol. The molecule has 0 saturated heterocycles. The molecule has 1 heterocycles. The summed E-state index contributed by atoms with van der Waals surface area (Å²) in [7, 11) is -3.92. The predicted octanol–water partition coefficient (Wildman–Crippen LogP) is 0.883. The first kappa shape index (κ1) is 14.7. The Labute approximate surface area is 106 Å². The van der Waals surface area contributed by atoms with Crippen LogP contribution in [0.2, 0.25) is 0 Å². The fraction of sp³-hybridized carbons (Fsp3) is 0.600. The van der Waals surface area contributed by atoms with Gasteiger partial charge in [0.25, 0.3) is 0 Å². The summed E-state index contributed by atoms with van der Waals surface area (Å²) in [4.78, 5) is 10.6. The Morgan fingerprint density at radius 1 is 1.50 bits per heavy atom. The van der Waals surface area contributed by atoms with Crippen LogP contribution in [0.15, 0.2) is 4.90 Å². The second-order valence-electron chi connectivity index (χ2n) is 4.67. The summed E-state index contributed by atoms with van der Waals surface area (Å²) in [5.41, 5.74) is -0.947. The van der Waals surface area contributed by atoms with Gasteiger partial charge in [-0.05, 0) is 27.2 Å². The van der Waals surface area contributed by atoms with Gasteiger partial charge in [-0.2, -0.15) is 5.10 Å². The van der Waals surface area contributed by atoms with Gasteiger partial charge in [-0.1, -0.05) is 6.92 Å². The SMILES string of the molecule is CCC(C)(C)NS(=O)(=O)c1c(C(=O)O)n[nH]c1C. The minimum atomic E-state index is -3.92. The highest BCUT2D eigenvalue weighted by Gasteiger charge is 2.32. The van der Waals surface area contributed by atoms with Crippen molar-refractivity contribution in [3.8, 4) is 0 Å². The number of aryl methyl sites for hydroxylation is 1. The Morgan fingerprint density at radius 3 is 2.50 bits per heavy atom. The topological polar surface area (TPSA) is 112 Å². The highest BCUT2D eigenvalue weighted by atomic mass is 32.2. The van der Waals surface area contributed by atoms with Crippen molar-refractivity contribution in [2.24, 2.45) is 0 Å². The summed E-state index contributed by atoms with van der Waals surface area (Å²) in [6.45, 7) is 6.75. The molecule has 8 heteroatoms. The number of nitrogens with zero attached hydrogens (tertiary/aromatic N) is 1. The van der Waals surface area contributed by atoms with Gasteiger partial charge in [-0.15, -0.1) is 0 Å². The number of hydrogen-bond donors (Lipinski definition) is 3. The number of rotatable bonds is 5. The van der Waals surface area contributed by atoms with Crippen molar-refractivity contribution in [1.82, 2.24) is 14.9 Å². The second kappa shape index (κ2) is 4.69. The number of aromatic nitrogens is 2. The van der Waals surface area contributed by atoms with E-state index in [1.165, 1.54) is 6.92 Å². The number of H-pyrrole nitrogens is 1. The zero-order chi connectivity index (χ0) is 14.1. The Balaban J connectivity index is 3.29. The van der Waals surface area contributed by atoms with Crippen LogP contribution in [0.1, 0.15) is 43.4 Å². The monoisotopic (exact) mass is 275 g/mol. The molecule has 1 rings (SSSR count). The van der Waals surface area contributed by atoms with Gasteiger partial charge in [0.1, 0.15) is 4.90 Å². The van der Waals surface area contributed by atoms with Crippen LogP contribution in [0.25, 0.3) is 0 Å². The zero-order valence-corrected chi connectivity index (χ0v) is 11.6. The molecular formula is C10H17N3O4S. The quantitative estimate of drug-likeness (QED) is 0.738. The molecule has 0 bridgehead atoms. The van der Waals surface area contributed by atoms with Gasteiger partial charge in [0.2, 0.25) is 10.0 Å². The van der Waals surface area contributed by atoms with Gasteiger partial charge in [-0.3, -0.25) is 5.10 Å². The van der Waals surface area contributed by atoms with Crippen LogP contribution in [-0.2, 0) is 10.0 Å².